The van der Waals surface area contributed by atoms with Gasteiger partial charge in [-0.15, -0.1) is 0 Å². The Labute approximate surface area is 121 Å². The maximum absolute atomic E-state index is 13.0. The zero-order valence-corrected chi connectivity index (χ0v) is 12.3. The number of fused-ring (bicyclic) bond motifs is 1. The van der Waals surface area contributed by atoms with Crippen molar-refractivity contribution in [2.75, 3.05) is 6.54 Å². The van der Waals surface area contributed by atoms with E-state index < -0.39 is 0 Å². The van der Waals surface area contributed by atoms with Crippen LogP contribution in [0, 0.1) is 11.7 Å². The number of hydrogen-bond acceptors (Lipinski definition) is 2. The van der Waals surface area contributed by atoms with Crippen molar-refractivity contribution in [3.63, 3.8) is 0 Å². The Morgan fingerprint density at radius 1 is 1.15 bits per heavy atom. The molecule has 0 amide bonds. The van der Waals surface area contributed by atoms with Gasteiger partial charge in [0, 0.05) is 18.1 Å². The molecule has 3 heteroatoms. The van der Waals surface area contributed by atoms with Gasteiger partial charge in [0.1, 0.15) is 5.82 Å². The standard InChI is InChI=1S/C17H25FN2/c1-12(17(19)14-7-9-15(18)10-8-14)20-11-3-5-13-4-2-6-16(13)20/h7-10,12-13,16-17H,2-6,11,19H2,1H3. The molecular weight excluding hydrogens is 251 g/mol. The van der Waals surface area contributed by atoms with Crippen LogP contribution in [0.3, 0.4) is 0 Å². The molecule has 0 spiro atoms. The van der Waals surface area contributed by atoms with E-state index in [-0.39, 0.29) is 11.9 Å². The lowest BCUT2D eigenvalue weighted by Gasteiger charge is -2.43. The van der Waals surface area contributed by atoms with E-state index >= 15 is 0 Å². The predicted molar refractivity (Wildman–Crippen MR) is 79.9 cm³/mol. The first kappa shape index (κ1) is 14.0. The van der Waals surface area contributed by atoms with Gasteiger partial charge in [0.2, 0.25) is 0 Å². The highest BCUT2D eigenvalue weighted by Gasteiger charge is 2.38. The van der Waals surface area contributed by atoms with Crippen molar-refractivity contribution in [1.82, 2.24) is 4.90 Å². The number of nitrogens with two attached hydrogens (primary N) is 1. The topological polar surface area (TPSA) is 29.3 Å². The Kier molecular flexibility index (Phi) is 4.08. The fourth-order valence-electron chi connectivity index (χ4n) is 4.17. The highest BCUT2D eigenvalue weighted by Crippen LogP contribution is 2.39. The molecule has 0 radical (unpaired) electrons. The molecule has 2 fully saturated rings. The summed E-state index contributed by atoms with van der Waals surface area (Å²) in [6.07, 6.45) is 6.76. The number of rotatable bonds is 3. The molecule has 0 aromatic heterocycles. The van der Waals surface area contributed by atoms with Gasteiger partial charge in [0.05, 0.1) is 0 Å². The van der Waals surface area contributed by atoms with Gasteiger partial charge in [-0.1, -0.05) is 18.6 Å². The summed E-state index contributed by atoms with van der Waals surface area (Å²) >= 11 is 0. The number of nitrogens with zero attached hydrogens (tertiary/aromatic N) is 1. The molecule has 2 N–H and O–H groups in total. The second kappa shape index (κ2) is 5.82. The van der Waals surface area contributed by atoms with Crippen LogP contribution in [-0.4, -0.2) is 23.5 Å². The lowest BCUT2D eigenvalue weighted by Crippen LogP contribution is -2.50. The number of halogens is 1. The normalized spacial score (nSPS) is 29.9. The summed E-state index contributed by atoms with van der Waals surface area (Å²) in [5.74, 6) is 0.689. The minimum Gasteiger partial charge on any atom is -0.323 e. The molecule has 1 aliphatic heterocycles. The minimum absolute atomic E-state index is 0.0325. The fourth-order valence-corrected chi connectivity index (χ4v) is 4.17. The molecule has 2 aliphatic rings. The number of benzene rings is 1. The van der Waals surface area contributed by atoms with Gasteiger partial charge >= 0.3 is 0 Å². The molecular formula is C17H25FN2. The molecule has 1 saturated heterocycles. The van der Waals surface area contributed by atoms with Crippen LogP contribution in [0.1, 0.15) is 50.6 Å². The molecule has 110 valence electrons. The maximum Gasteiger partial charge on any atom is 0.123 e. The van der Waals surface area contributed by atoms with Gasteiger partial charge in [-0.25, -0.2) is 4.39 Å². The molecule has 4 unspecified atom stereocenters. The predicted octanol–water partition coefficient (Wildman–Crippen LogP) is 3.48. The molecule has 1 aromatic carbocycles. The number of piperidine rings is 1. The Morgan fingerprint density at radius 3 is 2.60 bits per heavy atom. The minimum atomic E-state index is -0.192. The van der Waals surface area contributed by atoms with Gasteiger partial charge in [0.15, 0.2) is 0 Å². The van der Waals surface area contributed by atoms with E-state index in [4.69, 9.17) is 5.73 Å². The SMILES string of the molecule is CC(C(N)c1ccc(F)cc1)N1CCCC2CCCC21. The molecule has 1 aliphatic carbocycles. The molecule has 1 saturated carbocycles. The van der Waals surface area contributed by atoms with Crippen LogP contribution in [0.15, 0.2) is 24.3 Å². The van der Waals surface area contributed by atoms with Crippen molar-refractivity contribution in [3.05, 3.63) is 35.6 Å². The van der Waals surface area contributed by atoms with E-state index in [0.29, 0.717) is 6.04 Å². The third kappa shape index (κ3) is 2.61. The quantitative estimate of drug-likeness (QED) is 0.916. The second-order valence-corrected chi connectivity index (χ2v) is 6.46. The summed E-state index contributed by atoms with van der Waals surface area (Å²) in [6, 6.07) is 7.69. The summed E-state index contributed by atoms with van der Waals surface area (Å²) < 4.78 is 13.0. The van der Waals surface area contributed by atoms with Gasteiger partial charge < -0.3 is 5.73 Å². The van der Waals surface area contributed by atoms with Crippen LogP contribution in [-0.2, 0) is 0 Å². The van der Waals surface area contributed by atoms with E-state index in [1.165, 1.54) is 44.2 Å². The monoisotopic (exact) mass is 276 g/mol. The first-order valence-electron chi connectivity index (χ1n) is 7.93. The first-order chi connectivity index (χ1) is 9.66. The van der Waals surface area contributed by atoms with Gasteiger partial charge in [-0.2, -0.15) is 0 Å². The zero-order valence-electron chi connectivity index (χ0n) is 12.3. The van der Waals surface area contributed by atoms with E-state index in [9.17, 15) is 4.39 Å². The Balaban J connectivity index is 1.73. The van der Waals surface area contributed by atoms with Crippen LogP contribution in [0.5, 0.6) is 0 Å². The second-order valence-electron chi connectivity index (χ2n) is 6.46. The Hall–Kier alpha value is -0.930. The van der Waals surface area contributed by atoms with Crippen LogP contribution in [0.4, 0.5) is 4.39 Å². The van der Waals surface area contributed by atoms with Crippen molar-refractivity contribution in [1.29, 1.82) is 0 Å². The van der Waals surface area contributed by atoms with Crippen molar-refractivity contribution in [3.8, 4) is 0 Å². The van der Waals surface area contributed by atoms with Gasteiger partial charge in [-0.3, -0.25) is 4.90 Å². The van der Waals surface area contributed by atoms with Crippen LogP contribution in [0.25, 0.3) is 0 Å². The largest absolute Gasteiger partial charge is 0.323 e. The van der Waals surface area contributed by atoms with Crippen LogP contribution >= 0.6 is 0 Å². The zero-order chi connectivity index (χ0) is 14.1. The van der Waals surface area contributed by atoms with E-state index in [1.54, 1.807) is 0 Å². The number of likely N-dealkylation sites (tertiary alicyclic amines) is 1. The Bertz CT molecular complexity index is 445. The average Bonchev–Trinajstić information content (AvgIpc) is 2.95. The molecule has 3 rings (SSSR count). The van der Waals surface area contributed by atoms with E-state index in [0.717, 1.165) is 24.1 Å². The summed E-state index contributed by atoms with van der Waals surface area (Å²) in [5, 5.41) is 0. The molecule has 1 heterocycles. The van der Waals surface area contributed by atoms with Gasteiger partial charge in [0.25, 0.3) is 0 Å². The first-order valence-corrected chi connectivity index (χ1v) is 7.93. The summed E-state index contributed by atoms with van der Waals surface area (Å²) in [6.45, 7) is 3.39. The highest BCUT2D eigenvalue weighted by atomic mass is 19.1. The third-order valence-corrected chi connectivity index (χ3v) is 5.33. The van der Waals surface area contributed by atoms with Crippen molar-refractivity contribution in [2.24, 2.45) is 11.7 Å². The molecule has 4 atom stereocenters. The van der Waals surface area contributed by atoms with Crippen molar-refractivity contribution >= 4 is 0 Å². The van der Waals surface area contributed by atoms with Crippen molar-refractivity contribution < 1.29 is 4.39 Å². The third-order valence-electron chi connectivity index (χ3n) is 5.33. The molecule has 2 nitrogen and oxygen atoms in total. The maximum atomic E-state index is 13.0. The highest BCUT2D eigenvalue weighted by molar-refractivity contribution is 5.21. The van der Waals surface area contributed by atoms with Crippen LogP contribution < -0.4 is 5.73 Å². The lowest BCUT2D eigenvalue weighted by atomic mass is 9.88. The average molecular weight is 276 g/mol. The fraction of sp³-hybridized carbons (Fsp3) is 0.647. The summed E-state index contributed by atoms with van der Waals surface area (Å²) in [4.78, 5) is 2.62. The smallest absolute Gasteiger partial charge is 0.123 e. The van der Waals surface area contributed by atoms with Crippen molar-refractivity contribution in [2.45, 2.75) is 57.2 Å². The van der Waals surface area contributed by atoms with Gasteiger partial charge in [-0.05, 0) is 62.8 Å². The van der Waals surface area contributed by atoms with E-state index in [1.807, 2.05) is 12.1 Å². The number of hydrogen-bond donors (Lipinski definition) is 1. The molecule has 0 bridgehead atoms. The summed E-state index contributed by atoms with van der Waals surface area (Å²) in [5.41, 5.74) is 7.48. The molecule has 20 heavy (non-hydrogen) atoms. The Morgan fingerprint density at radius 2 is 1.85 bits per heavy atom. The van der Waals surface area contributed by atoms with Crippen LogP contribution in [0.2, 0.25) is 0 Å². The van der Waals surface area contributed by atoms with E-state index in [2.05, 4.69) is 11.8 Å². The lowest BCUT2D eigenvalue weighted by molar-refractivity contribution is 0.0631. The molecule has 1 aromatic rings. The summed E-state index contributed by atoms with van der Waals surface area (Å²) in [7, 11) is 0.